The van der Waals surface area contributed by atoms with Crippen LogP contribution in [0.2, 0.25) is 0 Å². The quantitative estimate of drug-likeness (QED) is 0.674. The third-order valence-electron chi connectivity index (χ3n) is 3.88. The van der Waals surface area contributed by atoms with E-state index in [-0.39, 0.29) is 36.2 Å². The second-order valence-corrected chi connectivity index (χ2v) is 7.56. The number of carbonyl (C=O) groups is 2. The van der Waals surface area contributed by atoms with Crippen LogP contribution in [0.15, 0.2) is 34.2 Å². The van der Waals surface area contributed by atoms with Gasteiger partial charge < -0.3 is 9.64 Å². The van der Waals surface area contributed by atoms with Gasteiger partial charge in [0.1, 0.15) is 5.84 Å². The van der Waals surface area contributed by atoms with Crippen molar-refractivity contribution in [3.05, 3.63) is 29.8 Å². The molecule has 0 fully saturated rings. The molecule has 0 unspecified atom stereocenters. The lowest BCUT2D eigenvalue weighted by molar-refractivity contribution is -0.151. The Labute approximate surface area is 153 Å². The third kappa shape index (κ3) is 5.04. The number of sulfonamides is 1. The van der Waals surface area contributed by atoms with E-state index < -0.39 is 16.0 Å². The number of rotatable bonds is 8. The zero-order valence-corrected chi connectivity index (χ0v) is 15.7. The lowest BCUT2D eigenvalue weighted by atomic mass is 10.2. The normalized spacial score (nSPS) is 16.0. The third-order valence-corrected chi connectivity index (χ3v) is 5.28. The molecule has 0 saturated carbocycles. The number of carbonyl (C=O) groups excluding carboxylic acids is 2. The van der Waals surface area contributed by atoms with Gasteiger partial charge in [0.15, 0.2) is 6.61 Å². The number of nitrogens with one attached hydrogen (secondary N) is 1. The number of likely N-dealkylation sites (N-methyl/N-ethyl adjacent to an activating group) is 1. The van der Waals surface area contributed by atoms with Gasteiger partial charge in [0.25, 0.3) is 15.9 Å². The molecule has 8 nitrogen and oxygen atoms in total. The van der Waals surface area contributed by atoms with Crippen LogP contribution in [0.3, 0.4) is 0 Å². The Kier molecular flexibility index (Phi) is 6.73. The minimum atomic E-state index is -3.59. The summed E-state index contributed by atoms with van der Waals surface area (Å²) in [6.45, 7) is 2.42. The van der Waals surface area contributed by atoms with Crippen molar-refractivity contribution in [1.29, 1.82) is 0 Å². The molecule has 26 heavy (non-hydrogen) atoms. The molecule has 1 aromatic carbocycles. The summed E-state index contributed by atoms with van der Waals surface area (Å²) in [5, 5.41) is 0. The number of hydrogen-bond donors (Lipinski definition) is 1. The maximum Gasteiger partial charge on any atom is 0.308 e. The van der Waals surface area contributed by atoms with Crippen LogP contribution in [0.1, 0.15) is 31.7 Å². The molecule has 0 atom stereocenters. The van der Waals surface area contributed by atoms with Gasteiger partial charge in [-0.25, -0.2) is 8.42 Å². The Hall–Kier alpha value is -2.42. The Balaban J connectivity index is 1.82. The van der Waals surface area contributed by atoms with E-state index in [1.165, 1.54) is 11.0 Å². The molecule has 1 aliphatic heterocycles. The first-order valence-corrected chi connectivity index (χ1v) is 9.89. The van der Waals surface area contributed by atoms with Crippen molar-refractivity contribution in [3.8, 4) is 0 Å². The molecule has 1 heterocycles. The molecule has 0 saturated heterocycles. The highest BCUT2D eigenvalue weighted by atomic mass is 32.2. The van der Waals surface area contributed by atoms with Gasteiger partial charge >= 0.3 is 5.97 Å². The first kappa shape index (κ1) is 19.9. The number of fused-ring (bicyclic) bond motifs is 1. The van der Waals surface area contributed by atoms with Crippen LogP contribution in [0, 0.1) is 0 Å². The molecule has 2 rings (SSSR count). The van der Waals surface area contributed by atoms with E-state index in [0.29, 0.717) is 12.1 Å². The minimum absolute atomic E-state index is 0.0423. The van der Waals surface area contributed by atoms with Crippen molar-refractivity contribution in [3.63, 3.8) is 0 Å². The SMILES string of the molecule is CCCCN(C)C(=O)COC(=O)CCN=C1NS(=O)(=O)c2ccccc21. The number of unbranched alkanes of at least 4 members (excludes halogenated alkanes) is 1. The van der Waals surface area contributed by atoms with Crippen LogP contribution >= 0.6 is 0 Å². The number of aliphatic imine (C=N–C) groups is 1. The van der Waals surface area contributed by atoms with Gasteiger partial charge in [-0.15, -0.1) is 0 Å². The summed E-state index contributed by atoms with van der Waals surface area (Å²) in [6, 6.07) is 6.49. The standard InChI is InChI=1S/C17H23N3O5S/c1-3-4-11-20(2)15(21)12-25-16(22)9-10-18-17-13-7-5-6-8-14(13)26(23,24)19-17/h5-8H,3-4,9-12H2,1-2H3,(H,18,19). The number of benzene rings is 1. The van der Waals surface area contributed by atoms with Crippen molar-refractivity contribution < 1.29 is 22.7 Å². The Morgan fingerprint density at radius 2 is 2.00 bits per heavy atom. The number of ether oxygens (including phenoxy) is 1. The van der Waals surface area contributed by atoms with Gasteiger partial charge in [-0.3, -0.25) is 19.3 Å². The molecule has 0 aromatic heterocycles. The topological polar surface area (TPSA) is 105 Å². The number of nitrogens with zero attached hydrogens (tertiary/aromatic N) is 2. The average Bonchev–Trinajstić information content (AvgIpc) is 2.88. The molecule has 0 bridgehead atoms. The number of amidine groups is 1. The smallest absolute Gasteiger partial charge is 0.308 e. The van der Waals surface area contributed by atoms with E-state index in [1.54, 1.807) is 25.2 Å². The molecule has 0 aliphatic carbocycles. The molecular formula is C17H23N3O5S. The van der Waals surface area contributed by atoms with Crippen LogP contribution in [0.5, 0.6) is 0 Å². The van der Waals surface area contributed by atoms with Crippen LogP contribution in [-0.4, -0.2) is 57.8 Å². The fraction of sp³-hybridized carbons (Fsp3) is 0.471. The van der Waals surface area contributed by atoms with Crippen molar-refractivity contribution >= 4 is 27.7 Å². The van der Waals surface area contributed by atoms with E-state index in [2.05, 4.69) is 9.71 Å². The van der Waals surface area contributed by atoms with Crippen molar-refractivity contribution in [2.45, 2.75) is 31.1 Å². The highest BCUT2D eigenvalue weighted by Crippen LogP contribution is 2.22. The predicted octanol–water partition coefficient (Wildman–Crippen LogP) is 0.917. The second kappa shape index (κ2) is 8.79. The maximum absolute atomic E-state index is 12.0. The predicted molar refractivity (Wildman–Crippen MR) is 96.3 cm³/mol. The summed E-state index contributed by atoms with van der Waals surface area (Å²) in [7, 11) is -1.92. The van der Waals surface area contributed by atoms with Crippen LogP contribution in [0.25, 0.3) is 0 Å². The van der Waals surface area contributed by atoms with Gasteiger partial charge in [-0.1, -0.05) is 25.5 Å². The monoisotopic (exact) mass is 381 g/mol. The number of amides is 1. The van der Waals surface area contributed by atoms with Crippen molar-refractivity contribution in [2.24, 2.45) is 4.99 Å². The van der Waals surface area contributed by atoms with E-state index in [9.17, 15) is 18.0 Å². The fourth-order valence-electron chi connectivity index (χ4n) is 2.35. The fourth-order valence-corrected chi connectivity index (χ4v) is 3.61. The minimum Gasteiger partial charge on any atom is -0.456 e. The zero-order chi connectivity index (χ0) is 19.2. The summed E-state index contributed by atoms with van der Waals surface area (Å²) >= 11 is 0. The van der Waals surface area contributed by atoms with E-state index >= 15 is 0 Å². The van der Waals surface area contributed by atoms with Gasteiger partial charge in [0, 0.05) is 19.2 Å². The highest BCUT2D eigenvalue weighted by Gasteiger charge is 2.29. The molecule has 9 heteroatoms. The molecule has 0 radical (unpaired) electrons. The van der Waals surface area contributed by atoms with Crippen molar-refractivity contribution in [1.82, 2.24) is 9.62 Å². The largest absolute Gasteiger partial charge is 0.456 e. The summed E-state index contributed by atoms with van der Waals surface area (Å²) in [5.41, 5.74) is 0.480. The van der Waals surface area contributed by atoms with Gasteiger partial charge in [-0.05, 0) is 18.6 Å². The molecule has 1 amide bonds. The zero-order valence-electron chi connectivity index (χ0n) is 14.9. The summed E-state index contributed by atoms with van der Waals surface area (Å²) in [6.07, 6.45) is 1.83. The van der Waals surface area contributed by atoms with Crippen LogP contribution in [-0.2, 0) is 24.3 Å². The van der Waals surface area contributed by atoms with Crippen LogP contribution < -0.4 is 4.72 Å². The molecule has 1 N–H and O–H groups in total. The van der Waals surface area contributed by atoms with Gasteiger partial charge in [0.2, 0.25) is 0 Å². The van der Waals surface area contributed by atoms with E-state index in [0.717, 1.165) is 12.8 Å². The molecule has 0 spiro atoms. The molecule has 1 aliphatic rings. The first-order valence-electron chi connectivity index (χ1n) is 8.41. The van der Waals surface area contributed by atoms with E-state index in [4.69, 9.17) is 4.74 Å². The lowest BCUT2D eigenvalue weighted by Gasteiger charge is -2.16. The second-order valence-electron chi connectivity index (χ2n) is 5.91. The van der Waals surface area contributed by atoms with Gasteiger partial charge in [-0.2, -0.15) is 0 Å². The van der Waals surface area contributed by atoms with Crippen molar-refractivity contribution in [2.75, 3.05) is 26.7 Å². The average molecular weight is 381 g/mol. The highest BCUT2D eigenvalue weighted by molar-refractivity contribution is 7.90. The van der Waals surface area contributed by atoms with Gasteiger partial charge in [0.05, 0.1) is 17.9 Å². The molecular weight excluding hydrogens is 358 g/mol. The number of esters is 1. The van der Waals surface area contributed by atoms with E-state index in [1.807, 2.05) is 6.92 Å². The Morgan fingerprint density at radius 3 is 2.73 bits per heavy atom. The number of hydrogen-bond acceptors (Lipinski definition) is 6. The maximum atomic E-state index is 12.0. The summed E-state index contributed by atoms with van der Waals surface area (Å²) in [4.78, 5) is 29.4. The summed E-state index contributed by atoms with van der Waals surface area (Å²) < 4.78 is 31.2. The molecule has 142 valence electrons. The molecule has 1 aromatic rings. The Bertz CT molecular complexity index is 804. The first-order chi connectivity index (χ1) is 12.3. The summed E-state index contributed by atoms with van der Waals surface area (Å²) in [5.74, 6) is -0.597. The Morgan fingerprint density at radius 1 is 1.27 bits per heavy atom. The van der Waals surface area contributed by atoms with Crippen LogP contribution in [0.4, 0.5) is 0 Å². The lowest BCUT2D eigenvalue weighted by Crippen LogP contribution is -2.32.